The summed E-state index contributed by atoms with van der Waals surface area (Å²) in [5.74, 6) is 1.19. The number of hydrogen-bond acceptors (Lipinski definition) is 4. The van der Waals surface area contributed by atoms with Crippen molar-refractivity contribution in [2.24, 2.45) is 0 Å². The second kappa shape index (κ2) is 4.39. The van der Waals surface area contributed by atoms with E-state index in [0.717, 1.165) is 16.8 Å². The lowest BCUT2D eigenvalue weighted by molar-refractivity contribution is 0.338. The van der Waals surface area contributed by atoms with Gasteiger partial charge < -0.3 is 20.3 Å². The summed E-state index contributed by atoms with van der Waals surface area (Å²) in [5.41, 5.74) is 2.98. The number of phenolic OH excluding ortho intramolecular Hbond substituents is 2. The average molecular weight is 257 g/mol. The summed E-state index contributed by atoms with van der Waals surface area (Å²) in [5, 5.41) is 22.2. The number of phenols is 2. The summed E-state index contributed by atoms with van der Waals surface area (Å²) in [6, 6.07) is 10.4. The highest BCUT2D eigenvalue weighted by Gasteiger charge is 2.24. The van der Waals surface area contributed by atoms with Crippen LogP contribution in [0, 0.1) is 6.92 Å². The molecule has 1 aliphatic rings. The molecule has 1 unspecified atom stereocenters. The van der Waals surface area contributed by atoms with Crippen molar-refractivity contribution in [3.8, 4) is 17.2 Å². The first kappa shape index (κ1) is 11.7. The summed E-state index contributed by atoms with van der Waals surface area (Å²) in [7, 11) is 0. The van der Waals surface area contributed by atoms with Gasteiger partial charge in [-0.05, 0) is 42.8 Å². The van der Waals surface area contributed by atoms with E-state index in [1.165, 1.54) is 0 Å². The standard InChI is InChI=1S/C15H15NO3/c1-9-6-10(17)3-5-13(9)16-14-8-19-15-7-11(18)2-4-12(14)15/h2-7,14,16-18H,8H2,1H3. The van der Waals surface area contributed by atoms with Crippen LogP contribution in [0.4, 0.5) is 5.69 Å². The zero-order valence-corrected chi connectivity index (χ0v) is 10.6. The molecule has 0 amide bonds. The minimum absolute atomic E-state index is 0.0545. The predicted molar refractivity (Wildman–Crippen MR) is 72.8 cm³/mol. The van der Waals surface area contributed by atoms with E-state index in [9.17, 15) is 10.2 Å². The van der Waals surface area contributed by atoms with Crippen molar-refractivity contribution in [2.75, 3.05) is 11.9 Å². The average Bonchev–Trinajstić information content (AvgIpc) is 2.75. The second-order valence-electron chi connectivity index (χ2n) is 4.73. The number of nitrogens with one attached hydrogen (secondary N) is 1. The van der Waals surface area contributed by atoms with Crippen molar-refractivity contribution in [3.63, 3.8) is 0 Å². The number of aromatic hydroxyl groups is 2. The number of hydrogen-bond donors (Lipinski definition) is 3. The molecule has 0 radical (unpaired) electrons. The molecular formula is C15H15NO3. The van der Waals surface area contributed by atoms with E-state index >= 15 is 0 Å². The highest BCUT2D eigenvalue weighted by molar-refractivity contribution is 5.56. The van der Waals surface area contributed by atoms with E-state index in [4.69, 9.17) is 4.74 Å². The molecule has 0 fully saturated rings. The van der Waals surface area contributed by atoms with Crippen LogP contribution in [0.1, 0.15) is 17.2 Å². The lowest BCUT2D eigenvalue weighted by atomic mass is 10.1. The quantitative estimate of drug-likeness (QED) is 0.724. The van der Waals surface area contributed by atoms with Crippen LogP contribution in [0.2, 0.25) is 0 Å². The molecule has 19 heavy (non-hydrogen) atoms. The molecule has 0 aliphatic carbocycles. The smallest absolute Gasteiger partial charge is 0.128 e. The largest absolute Gasteiger partial charge is 0.508 e. The fourth-order valence-electron chi connectivity index (χ4n) is 2.32. The van der Waals surface area contributed by atoms with E-state index in [1.807, 2.05) is 19.1 Å². The maximum absolute atomic E-state index is 9.42. The van der Waals surface area contributed by atoms with Gasteiger partial charge in [0.1, 0.15) is 23.9 Å². The Bertz CT molecular complexity index is 625. The van der Waals surface area contributed by atoms with E-state index < -0.39 is 0 Å². The third-order valence-electron chi connectivity index (χ3n) is 3.32. The Morgan fingerprint density at radius 3 is 2.63 bits per heavy atom. The zero-order valence-electron chi connectivity index (χ0n) is 10.6. The number of ether oxygens (including phenoxy) is 1. The van der Waals surface area contributed by atoms with Crippen molar-refractivity contribution >= 4 is 5.69 Å². The second-order valence-corrected chi connectivity index (χ2v) is 4.73. The molecule has 3 N–H and O–H groups in total. The summed E-state index contributed by atoms with van der Waals surface area (Å²) < 4.78 is 5.56. The number of rotatable bonds is 2. The van der Waals surface area contributed by atoms with Crippen LogP contribution >= 0.6 is 0 Å². The third-order valence-corrected chi connectivity index (χ3v) is 3.32. The Balaban J connectivity index is 1.86. The SMILES string of the molecule is Cc1cc(O)ccc1NC1COc2cc(O)ccc21. The molecule has 4 nitrogen and oxygen atoms in total. The Labute approximate surface area is 111 Å². The first-order valence-corrected chi connectivity index (χ1v) is 6.15. The minimum Gasteiger partial charge on any atom is -0.508 e. The van der Waals surface area contributed by atoms with Gasteiger partial charge >= 0.3 is 0 Å². The summed E-state index contributed by atoms with van der Waals surface area (Å²) in [6.45, 7) is 2.47. The van der Waals surface area contributed by atoms with E-state index in [-0.39, 0.29) is 17.5 Å². The molecule has 3 rings (SSSR count). The molecule has 0 spiro atoms. The molecular weight excluding hydrogens is 242 g/mol. The van der Waals surface area contributed by atoms with Crippen molar-refractivity contribution in [1.29, 1.82) is 0 Å². The van der Waals surface area contributed by atoms with Gasteiger partial charge in [-0.25, -0.2) is 0 Å². The Hall–Kier alpha value is -2.36. The van der Waals surface area contributed by atoms with Gasteiger partial charge in [-0.15, -0.1) is 0 Å². The van der Waals surface area contributed by atoms with E-state index in [1.54, 1.807) is 24.3 Å². The van der Waals surface area contributed by atoms with Crippen molar-refractivity contribution in [3.05, 3.63) is 47.5 Å². The molecule has 2 aromatic rings. The first-order chi connectivity index (χ1) is 9.13. The molecule has 1 heterocycles. The highest BCUT2D eigenvalue weighted by atomic mass is 16.5. The Morgan fingerprint density at radius 2 is 1.84 bits per heavy atom. The van der Waals surface area contributed by atoms with Crippen LogP contribution in [0.25, 0.3) is 0 Å². The number of benzene rings is 2. The molecule has 0 saturated heterocycles. The number of fused-ring (bicyclic) bond motifs is 1. The van der Waals surface area contributed by atoms with Gasteiger partial charge in [0.25, 0.3) is 0 Å². The number of anilines is 1. The van der Waals surface area contributed by atoms with Gasteiger partial charge in [-0.1, -0.05) is 0 Å². The maximum atomic E-state index is 9.42. The topological polar surface area (TPSA) is 61.7 Å². The van der Waals surface area contributed by atoms with Crippen LogP contribution in [0.15, 0.2) is 36.4 Å². The maximum Gasteiger partial charge on any atom is 0.128 e. The van der Waals surface area contributed by atoms with Gasteiger partial charge in [0.15, 0.2) is 0 Å². The normalized spacial score (nSPS) is 16.8. The fraction of sp³-hybridized carbons (Fsp3) is 0.200. The molecule has 98 valence electrons. The van der Waals surface area contributed by atoms with E-state index in [0.29, 0.717) is 12.4 Å². The Kier molecular flexibility index (Phi) is 2.71. The summed E-state index contributed by atoms with van der Waals surface area (Å²) in [4.78, 5) is 0. The van der Waals surface area contributed by atoms with Crippen molar-refractivity contribution in [2.45, 2.75) is 13.0 Å². The van der Waals surface area contributed by atoms with E-state index in [2.05, 4.69) is 5.32 Å². The minimum atomic E-state index is 0.0545. The molecule has 1 aliphatic heterocycles. The van der Waals surface area contributed by atoms with Crippen molar-refractivity contribution in [1.82, 2.24) is 0 Å². The summed E-state index contributed by atoms with van der Waals surface area (Å²) >= 11 is 0. The predicted octanol–water partition coefficient (Wildman–Crippen LogP) is 2.95. The highest BCUT2D eigenvalue weighted by Crippen LogP contribution is 2.37. The Morgan fingerprint density at radius 1 is 1.11 bits per heavy atom. The van der Waals surface area contributed by atoms with Gasteiger partial charge in [-0.3, -0.25) is 0 Å². The van der Waals surface area contributed by atoms with Crippen LogP contribution in [0.3, 0.4) is 0 Å². The molecule has 1 atom stereocenters. The number of aryl methyl sites for hydroxylation is 1. The van der Waals surface area contributed by atoms with Gasteiger partial charge in [0.2, 0.25) is 0 Å². The summed E-state index contributed by atoms with van der Waals surface area (Å²) in [6.07, 6.45) is 0. The first-order valence-electron chi connectivity index (χ1n) is 6.15. The van der Waals surface area contributed by atoms with Gasteiger partial charge in [0, 0.05) is 17.3 Å². The lowest BCUT2D eigenvalue weighted by Crippen LogP contribution is -2.12. The van der Waals surface area contributed by atoms with Crippen LogP contribution < -0.4 is 10.1 Å². The van der Waals surface area contributed by atoms with Gasteiger partial charge in [0.05, 0.1) is 6.04 Å². The van der Waals surface area contributed by atoms with Crippen LogP contribution in [0.5, 0.6) is 17.2 Å². The zero-order chi connectivity index (χ0) is 13.4. The third kappa shape index (κ3) is 2.17. The monoisotopic (exact) mass is 257 g/mol. The molecule has 0 bridgehead atoms. The van der Waals surface area contributed by atoms with Crippen LogP contribution in [-0.4, -0.2) is 16.8 Å². The molecule has 0 saturated carbocycles. The molecule has 4 heteroatoms. The lowest BCUT2D eigenvalue weighted by Gasteiger charge is -2.15. The molecule has 2 aromatic carbocycles. The fourth-order valence-corrected chi connectivity index (χ4v) is 2.32. The van der Waals surface area contributed by atoms with Gasteiger partial charge in [-0.2, -0.15) is 0 Å². The molecule has 0 aromatic heterocycles. The van der Waals surface area contributed by atoms with Crippen LogP contribution in [-0.2, 0) is 0 Å². The van der Waals surface area contributed by atoms with Crippen molar-refractivity contribution < 1.29 is 14.9 Å².